The van der Waals surface area contributed by atoms with Crippen molar-refractivity contribution in [2.75, 3.05) is 0 Å². The van der Waals surface area contributed by atoms with Gasteiger partial charge in [-0.3, -0.25) is 0 Å². The van der Waals surface area contributed by atoms with E-state index in [9.17, 15) is 10.2 Å². The second-order valence-electron chi connectivity index (χ2n) is 6.89. The maximum Gasteiger partial charge on any atom is 0.122 e. The van der Waals surface area contributed by atoms with Gasteiger partial charge in [-0.25, -0.2) is 0 Å². The van der Waals surface area contributed by atoms with Crippen LogP contribution in [-0.2, 0) is 6.42 Å². The van der Waals surface area contributed by atoms with E-state index in [0.717, 1.165) is 18.4 Å². The Morgan fingerprint density at radius 3 is 1.83 bits per heavy atom. The van der Waals surface area contributed by atoms with Crippen LogP contribution >= 0.6 is 0 Å². The van der Waals surface area contributed by atoms with Gasteiger partial charge in [-0.05, 0) is 63.1 Å². The number of hydrogen-bond donors (Lipinski definition) is 2. The number of hydrogen-bond acceptors (Lipinski definition) is 2. The molecule has 2 nitrogen and oxygen atoms in total. The number of phenols is 2. The smallest absolute Gasteiger partial charge is 0.122 e. The van der Waals surface area contributed by atoms with E-state index < -0.39 is 0 Å². The molecule has 0 aliphatic rings. The van der Waals surface area contributed by atoms with Gasteiger partial charge in [0, 0.05) is 5.56 Å². The Morgan fingerprint density at radius 1 is 0.750 bits per heavy atom. The third kappa shape index (κ3) is 9.00. The predicted octanol–water partition coefficient (Wildman–Crippen LogP) is 6.82. The van der Waals surface area contributed by atoms with E-state index in [4.69, 9.17) is 0 Å². The lowest BCUT2D eigenvalue weighted by Crippen LogP contribution is -1.88. The Hall–Kier alpha value is -1.44. The first-order valence-corrected chi connectivity index (χ1v) is 9.81. The molecule has 136 valence electrons. The number of aryl methyl sites for hydroxylation is 1. The van der Waals surface area contributed by atoms with Crippen LogP contribution in [0.5, 0.6) is 11.5 Å². The molecule has 0 radical (unpaired) electrons. The van der Waals surface area contributed by atoms with Crippen molar-refractivity contribution in [1.29, 1.82) is 0 Å². The summed E-state index contributed by atoms with van der Waals surface area (Å²) in [4.78, 5) is 0. The van der Waals surface area contributed by atoms with E-state index in [1.807, 2.05) is 0 Å². The average molecular weight is 333 g/mol. The molecule has 0 saturated heterocycles. The molecule has 0 aliphatic carbocycles. The molecule has 1 aromatic rings. The second-order valence-corrected chi connectivity index (χ2v) is 6.89. The molecule has 0 atom stereocenters. The van der Waals surface area contributed by atoms with Gasteiger partial charge >= 0.3 is 0 Å². The minimum atomic E-state index is 0.200. The molecular weight excluding hydrogens is 296 g/mol. The van der Waals surface area contributed by atoms with Crippen molar-refractivity contribution >= 4 is 0 Å². The normalized spacial score (nSPS) is 11.4. The van der Waals surface area contributed by atoms with E-state index in [1.165, 1.54) is 64.2 Å². The lowest BCUT2D eigenvalue weighted by molar-refractivity contribution is 0.441. The van der Waals surface area contributed by atoms with Crippen molar-refractivity contribution in [2.24, 2.45) is 0 Å². The van der Waals surface area contributed by atoms with Crippen LogP contribution in [0.4, 0.5) is 0 Å². The minimum Gasteiger partial charge on any atom is -0.508 e. The zero-order valence-electron chi connectivity index (χ0n) is 15.7. The van der Waals surface area contributed by atoms with Gasteiger partial charge in [-0.1, -0.05) is 57.6 Å². The van der Waals surface area contributed by atoms with Gasteiger partial charge in [-0.15, -0.1) is 0 Å². The molecule has 0 aromatic heterocycles. The molecule has 0 heterocycles. The fourth-order valence-electron chi connectivity index (χ4n) is 2.93. The number of unbranched alkanes of at least 4 members (excludes halogenated alkanes) is 9. The van der Waals surface area contributed by atoms with Crippen molar-refractivity contribution in [3.05, 3.63) is 35.4 Å². The number of phenolic OH excluding ortho intramolecular Hbond substituents is 2. The first-order valence-electron chi connectivity index (χ1n) is 9.81. The molecule has 0 bridgehead atoms. The fraction of sp³-hybridized carbons (Fsp3) is 0.636. The van der Waals surface area contributed by atoms with E-state index in [1.54, 1.807) is 19.1 Å². The van der Waals surface area contributed by atoms with Gasteiger partial charge in [-0.2, -0.15) is 0 Å². The molecule has 0 amide bonds. The molecule has 1 rings (SSSR count). The monoisotopic (exact) mass is 332 g/mol. The third-order valence-corrected chi connectivity index (χ3v) is 4.64. The average Bonchev–Trinajstić information content (AvgIpc) is 2.56. The van der Waals surface area contributed by atoms with Crippen LogP contribution in [0.25, 0.3) is 0 Å². The SMILES string of the molecule is CCCCCC/C=C/CCCCCCCc1cc(O)c(C)c(O)c1. The van der Waals surface area contributed by atoms with Gasteiger partial charge < -0.3 is 10.2 Å². The maximum absolute atomic E-state index is 9.72. The maximum atomic E-state index is 9.72. The third-order valence-electron chi connectivity index (χ3n) is 4.64. The largest absolute Gasteiger partial charge is 0.508 e. The molecule has 2 heteroatoms. The van der Waals surface area contributed by atoms with Crippen LogP contribution in [0, 0.1) is 6.92 Å². The van der Waals surface area contributed by atoms with Gasteiger partial charge in [0.25, 0.3) is 0 Å². The molecule has 24 heavy (non-hydrogen) atoms. The van der Waals surface area contributed by atoms with Crippen molar-refractivity contribution < 1.29 is 10.2 Å². The van der Waals surface area contributed by atoms with Crippen LogP contribution < -0.4 is 0 Å². The Bertz CT molecular complexity index is 454. The highest BCUT2D eigenvalue weighted by Crippen LogP contribution is 2.28. The summed E-state index contributed by atoms with van der Waals surface area (Å²) in [6, 6.07) is 3.56. The van der Waals surface area contributed by atoms with Crippen LogP contribution in [0.1, 0.15) is 88.7 Å². The van der Waals surface area contributed by atoms with Gasteiger partial charge in [0.15, 0.2) is 0 Å². The van der Waals surface area contributed by atoms with Crippen LogP contribution in [0.15, 0.2) is 24.3 Å². The second kappa shape index (κ2) is 12.9. The van der Waals surface area contributed by atoms with Gasteiger partial charge in [0.1, 0.15) is 11.5 Å². The molecule has 1 aromatic carbocycles. The highest BCUT2D eigenvalue weighted by molar-refractivity contribution is 5.45. The lowest BCUT2D eigenvalue weighted by atomic mass is 10.0. The summed E-state index contributed by atoms with van der Waals surface area (Å²) < 4.78 is 0. The Morgan fingerprint density at radius 2 is 1.25 bits per heavy atom. The predicted molar refractivity (Wildman–Crippen MR) is 104 cm³/mol. The zero-order chi connectivity index (χ0) is 17.6. The van der Waals surface area contributed by atoms with Crippen molar-refractivity contribution in [1.82, 2.24) is 0 Å². The summed E-state index contributed by atoms with van der Waals surface area (Å²) >= 11 is 0. The van der Waals surface area contributed by atoms with E-state index in [2.05, 4.69) is 19.1 Å². The lowest BCUT2D eigenvalue weighted by Gasteiger charge is -2.07. The van der Waals surface area contributed by atoms with Crippen molar-refractivity contribution in [3.63, 3.8) is 0 Å². The quantitative estimate of drug-likeness (QED) is 0.307. The fourth-order valence-corrected chi connectivity index (χ4v) is 2.93. The van der Waals surface area contributed by atoms with E-state index in [0.29, 0.717) is 5.56 Å². The Labute approximate surface area is 148 Å². The number of aromatic hydroxyl groups is 2. The molecule has 0 spiro atoms. The van der Waals surface area contributed by atoms with Gasteiger partial charge in [0.2, 0.25) is 0 Å². The first-order chi connectivity index (χ1) is 11.6. The summed E-state index contributed by atoms with van der Waals surface area (Å²) in [5, 5.41) is 19.4. The first kappa shape index (κ1) is 20.6. The Kier molecular flexibility index (Phi) is 11.1. The molecule has 0 fully saturated rings. The van der Waals surface area contributed by atoms with Crippen molar-refractivity contribution in [2.45, 2.75) is 90.9 Å². The molecule has 0 saturated carbocycles. The topological polar surface area (TPSA) is 40.5 Å². The summed E-state index contributed by atoms with van der Waals surface area (Å²) in [6.45, 7) is 3.98. The van der Waals surface area contributed by atoms with Gasteiger partial charge in [0.05, 0.1) is 0 Å². The van der Waals surface area contributed by atoms with Crippen LogP contribution in [0.3, 0.4) is 0 Å². The summed E-state index contributed by atoms with van der Waals surface area (Å²) in [7, 11) is 0. The number of rotatable bonds is 13. The highest BCUT2D eigenvalue weighted by Gasteiger charge is 2.04. The molecular formula is C22H36O2. The standard InChI is InChI=1S/C22H36O2/c1-3-4-5-6-7-8-9-10-11-12-13-14-15-16-20-17-21(23)19(2)22(24)18-20/h8-9,17-18,23-24H,3-7,10-16H2,1-2H3/b9-8+. The number of benzene rings is 1. The summed E-state index contributed by atoms with van der Waals surface area (Å²) in [5.74, 6) is 0.401. The summed E-state index contributed by atoms with van der Waals surface area (Å²) in [6.07, 6.45) is 19.7. The van der Waals surface area contributed by atoms with E-state index >= 15 is 0 Å². The van der Waals surface area contributed by atoms with E-state index in [-0.39, 0.29) is 11.5 Å². The minimum absolute atomic E-state index is 0.200. The molecule has 0 aliphatic heterocycles. The van der Waals surface area contributed by atoms with Crippen LogP contribution in [-0.4, -0.2) is 10.2 Å². The Balaban J connectivity index is 1.98. The molecule has 0 unspecified atom stereocenters. The van der Waals surface area contributed by atoms with Crippen LogP contribution in [0.2, 0.25) is 0 Å². The zero-order valence-corrected chi connectivity index (χ0v) is 15.7. The molecule has 2 N–H and O–H groups in total. The number of allylic oxidation sites excluding steroid dienone is 2. The van der Waals surface area contributed by atoms with Crippen molar-refractivity contribution in [3.8, 4) is 11.5 Å². The summed E-state index contributed by atoms with van der Waals surface area (Å²) in [5.41, 5.74) is 1.60. The highest BCUT2D eigenvalue weighted by atomic mass is 16.3.